The number of hydrogen-bond donors (Lipinski definition) is 1. The van der Waals surface area contributed by atoms with Gasteiger partial charge in [-0.25, -0.2) is 8.42 Å². The molecule has 25 heavy (non-hydrogen) atoms. The highest BCUT2D eigenvalue weighted by atomic mass is 32.2. The summed E-state index contributed by atoms with van der Waals surface area (Å²) >= 11 is 0. The summed E-state index contributed by atoms with van der Waals surface area (Å²) in [6.07, 6.45) is 0.898. The average Bonchev–Trinajstić information content (AvgIpc) is 2.95. The molecule has 0 spiro atoms. The zero-order valence-electron chi connectivity index (χ0n) is 13.9. The minimum Gasteiger partial charge on any atom is -0.497 e. The largest absolute Gasteiger partial charge is 0.497 e. The summed E-state index contributed by atoms with van der Waals surface area (Å²) in [7, 11) is -1.59. The summed E-state index contributed by atoms with van der Waals surface area (Å²) in [6, 6.07) is 14.2. The second kappa shape index (κ2) is 7.14. The number of carbonyl (C=O) groups excluding carboxylic acids is 1. The van der Waals surface area contributed by atoms with Gasteiger partial charge in [-0.2, -0.15) is 0 Å². The number of amides is 1. The monoisotopic (exact) mass is 360 g/mol. The van der Waals surface area contributed by atoms with E-state index in [1.54, 1.807) is 31.4 Å². The lowest BCUT2D eigenvalue weighted by atomic mass is 10.1. The van der Waals surface area contributed by atoms with Crippen LogP contribution in [0, 0.1) is 0 Å². The molecule has 132 valence electrons. The van der Waals surface area contributed by atoms with Crippen LogP contribution in [0.2, 0.25) is 0 Å². The highest BCUT2D eigenvalue weighted by Gasteiger charge is 2.28. The van der Waals surface area contributed by atoms with Crippen molar-refractivity contribution in [1.82, 2.24) is 0 Å². The van der Waals surface area contributed by atoms with Gasteiger partial charge in [0.25, 0.3) is 0 Å². The molecule has 2 aromatic carbocycles. The molecule has 0 atom stereocenters. The molecule has 0 saturated carbocycles. The Bertz CT molecular complexity index is 846. The molecule has 1 saturated heterocycles. The van der Waals surface area contributed by atoms with Gasteiger partial charge in [-0.3, -0.25) is 9.10 Å². The van der Waals surface area contributed by atoms with Gasteiger partial charge >= 0.3 is 0 Å². The lowest BCUT2D eigenvalue weighted by Crippen LogP contribution is -2.25. The fourth-order valence-electron chi connectivity index (χ4n) is 2.77. The van der Waals surface area contributed by atoms with Gasteiger partial charge in [0.15, 0.2) is 0 Å². The maximum Gasteiger partial charge on any atom is 0.235 e. The first-order valence-electron chi connectivity index (χ1n) is 8.01. The van der Waals surface area contributed by atoms with E-state index in [0.717, 1.165) is 11.3 Å². The molecule has 0 bridgehead atoms. The van der Waals surface area contributed by atoms with Gasteiger partial charge in [0.05, 0.1) is 25.0 Å². The molecule has 1 heterocycles. The first kappa shape index (κ1) is 17.3. The van der Waals surface area contributed by atoms with Gasteiger partial charge in [-0.1, -0.05) is 12.1 Å². The van der Waals surface area contributed by atoms with E-state index in [1.807, 2.05) is 24.3 Å². The van der Waals surface area contributed by atoms with E-state index in [2.05, 4.69) is 5.32 Å². The lowest BCUT2D eigenvalue weighted by molar-refractivity contribution is -0.115. The molecule has 0 radical (unpaired) electrons. The molecular formula is C18H20N2O4S. The number of nitrogens with one attached hydrogen (secondary N) is 1. The van der Waals surface area contributed by atoms with Crippen molar-refractivity contribution >= 4 is 27.3 Å². The average molecular weight is 360 g/mol. The smallest absolute Gasteiger partial charge is 0.235 e. The molecule has 2 aromatic rings. The van der Waals surface area contributed by atoms with E-state index >= 15 is 0 Å². The Kier molecular flexibility index (Phi) is 4.94. The molecule has 1 N–H and O–H groups in total. The maximum atomic E-state index is 12.1. The number of ether oxygens (including phenoxy) is 1. The Morgan fingerprint density at radius 2 is 1.80 bits per heavy atom. The van der Waals surface area contributed by atoms with Crippen LogP contribution in [0.1, 0.15) is 12.0 Å². The predicted molar refractivity (Wildman–Crippen MR) is 97.5 cm³/mol. The van der Waals surface area contributed by atoms with Gasteiger partial charge < -0.3 is 10.1 Å². The van der Waals surface area contributed by atoms with Crippen molar-refractivity contribution in [3.63, 3.8) is 0 Å². The number of sulfonamides is 1. The van der Waals surface area contributed by atoms with Gasteiger partial charge in [-0.15, -0.1) is 0 Å². The number of rotatable bonds is 5. The van der Waals surface area contributed by atoms with Gasteiger partial charge in [0.2, 0.25) is 15.9 Å². The molecular weight excluding hydrogens is 340 g/mol. The van der Waals surface area contributed by atoms with Crippen LogP contribution in [0.15, 0.2) is 48.5 Å². The Hall–Kier alpha value is -2.54. The molecule has 7 heteroatoms. The van der Waals surface area contributed by atoms with E-state index in [4.69, 9.17) is 4.74 Å². The number of anilines is 2. The fourth-order valence-corrected chi connectivity index (χ4v) is 4.34. The lowest BCUT2D eigenvalue weighted by Gasteiger charge is -2.17. The van der Waals surface area contributed by atoms with E-state index in [1.165, 1.54) is 4.31 Å². The van der Waals surface area contributed by atoms with Gasteiger partial charge in [0, 0.05) is 12.2 Å². The van der Waals surface area contributed by atoms with E-state index < -0.39 is 10.0 Å². The highest BCUT2D eigenvalue weighted by Crippen LogP contribution is 2.25. The number of carbonyl (C=O) groups is 1. The third-order valence-corrected chi connectivity index (χ3v) is 5.93. The van der Waals surface area contributed by atoms with Crippen molar-refractivity contribution in [1.29, 1.82) is 0 Å². The Morgan fingerprint density at radius 1 is 1.12 bits per heavy atom. The summed E-state index contributed by atoms with van der Waals surface area (Å²) in [4.78, 5) is 12.1. The summed E-state index contributed by atoms with van der Waals surface area (Å²) in [5, 5.41) is 2.82. The van der Waals surface area contributed by atoms with Crippen LogP contribution in [0.3, 0.4) is 0 Å². The van der Waals surface area contributed by atoms with E-state index in [0.29, 0.717) is 24.3 Å². The molecule has 1 amide bonds. The first-order valence-corrected chi connectivity index (χ1v) is 9.62. The molecule has 0 aromatic heterocycles. The SMILES string of the molecule is COc1ccc(CC(=O)Nc2ccc(N3CCCS3(=O)=O)cc2)cc1. The summed E-state index contributed by atoms with van der Waals surface area (Å²) in [5.41, 5.74) is 2.16. The number of nitrogens with zero attached hydrogens (tertiary/aromatic N) is 1. The maximum absolute atomic E-state index is 12.1. The summed E-state index contributed by atoms with van der Waals surface area (Å²) < 4.78 is 30.3. The van der Waals surface area contributed by atoms with Crippen LogP contribution in [-0.2, 0) is 21.2 Å². The van der Waals surface area contributed by atoms with E-state index in [-0.39, 0.29) is 18.1 Å². The number of benzene rings is 2. The minimum absolute atomic E-state index is 0.133. The second-order valence-corrected chi connectivity index (χ2v) is 7.87. The number of methoxy groups -OCH3 is 1. The summed E-state index contributed by atoms with van der Waals surface area (Å²) in [6.45, 7) is 0.505. The fraction of sp³-hybridized carbons (Fsp3) is 0.278. The molecule has 0 unspecified atom stereocenters. The van der Waals surface area contributed by atoms with Crippen LogP contribution >= 0.6 is 0 Å². The first-order chi connectivity index (χ1) is 12.0. The molecule has 1 fully saturated rings. The van der Waals surface area contributed by atoms with Gasteiger partial charge in [-0.05, 0) is 48.4 Å². The molecule has 3 rings (SSSR count). The van der Waals surface area contributed by atoms with Crippen molar-refractivity contribution in [3.8, 4) is 5.75 Å². The molecule has 6 nitrogen and oxygen atoms in total. The van der Waals surface area contributed by atoms with Crippen molar-refractivity contribution in [3.05, 3.63) is 54.1 Å². The third-order valence-electron chi connectivity index (χ3n) is 4.06. The second-order valence-electron chi connectivity index (χ2n) is 5.86. The summed E-state index contributed by atoms with van der Waals surface area (Å²) in [5.74, 6) is 0.802. The predicted octanol–water partition coefficient (Wildman–Crippen LogP) is 2.42. The Labute approximate surface area is 147 Å². The van der Waals surface area contributed by atoms with Crippen molar-refractivity contribution in [2.45, 2.75) is 12.8 Å². The highest BCUT2D eigenvalue weighted by molar-refractivity contribution is 7.93. The van der Waals surface area contributed by atoms with Crippen LogP contribution in [0.4, 0.5) is 11.4 Å². The van der Waals surface area contributed by atoms with Crippen molar-refractivity contribution in [2.24, 2.45) is 0 Å². The quantitative estimate of drug-likeness (QED) is 0.888. The zero-order valence-corrected chi connectivity index (χ0v) is 14.8. The minimum atomic E-state index is -3.19. The van der Waals surface area contributed by atoms with E-state index in [9.17, 15) is 13.2 Å². The topological polar surface area (TPSA) is 75.7 Å². The Morgan fingerprint density at radius 3 is 2.36 bits per heavy atom. The number of hydrogen-bond acceptors (Lipinski definition) is 4. The zero-order chi connectivity index (χ0) is 17.9. The van der Waals surface area contributed by atoms with Crippen molar-refractivity contribution in [2.75, 3.05) is 29.0 Å². The normalized spacial score (nSPS) is 15.8. The van der Waals surface area contributed by atoms with Crippen LogP contribution in [-0.4, -0.2) is 33.7 Å². The van der Waals surface area contributed by atoms with Crippen LogP contribution in [0.5, 0.6) is 5.75 Å². The Balaban J connectivity index is 1.61. The standard InChI is InChI=1S/C18H20N2O4S/c1-24-17-9-3-14(4-10-17)13-18(21)19-15-5-7-16(8-6-15)20-11-2-12-25(20,22)23/h3-10H,2,11-13H2,1H3,(H,19,21). The van der Waals surface area contributed by atoms with Crippen LogP contribution in [0.25, 0.3) is 0 Å². The molecule has 1 aliphatic heterocycles. The van der Waals surface area contributed by atoms with Crippen molar-refractivity contribution < 1.29 is 17.9 Å². The van der Waals surface area contributed by atoms with Crippen LogP contribution < -0.4 is 14.4 Å². The molecule has 0 aliphatic carbocycles. The molecule has 1 aliphatic rings. The van der Waals surface area contributed by atoms with Gasteiger partial charge in [0.1, 0.15) is 5.75 Å². The third kappa shape index (κ3) is 4.11.